The van der Waals surface area contributed by atoms with Crippen molar-refractivity contribution in [1.29, 1.82) is 0 Å². The van der Waals surface area contributed by atoms with Crippen LogP contribution in [0.5, 0.6) is 5.75 Å². The van der Waals surface area contributed by atoms with Crippen molar-refractivity contribution in [3.8, 4) is 5.75 Å². The van der Waals surface area contributed by atoms with E-state index in [-0.39, 0.29) is 17.5 Å². The Hall–Kier alpha value is -2.10. The van der Waals surface area contributed by atoms with Gasteiger partial charge in [-0.25, -0.2) is 4.79 Å². The second-order valence-corrected chi connectivity index (χ2v) is 6.23. The van der Waals surface area contributed by atoms with E-state index in [9.17, 15) is 9.59 Å². The third-order valence-corrected chi connectivity index (χ3v) is 4.78. The summed E-state index contributed by atoms with van der Waals surface area (Å²) in [4.78, 5) is 24.1. The Balaban J connectivity index is 2.05. The van der Waals surface area contributed by atoms with Gasteiger partial charge < -0.3 is 9.15 Å². The first-order valence-electron chi connectivity index (χ1n) is 8.28. The van der Waals surface area contributed by atoms with E-state index in [1.165, 1.54) is 0 Å². The van der Waals surface area contributed by atoms with Gasteiger partial charge in [0.25, 0.3) is 0 Å². The van der Waals surface area contributed by atoms with E-state index in [2.05, 4.69) is 0 Å². The molecule has 0 N–H and O–H groups in total. The molecule has 1 unspecified atom stereocenters. The van der Waals surface area contributed by atoms with Gasteiger partial charge in [-0.3, -0.25) is 4.79 Å². The summed E-state index contributed by atoms with van der Waals surface area (Å²) >= 11 is 0. The van der Waals surface area contributed by atoms with Crippen molar-refractivity contribution in [2.75, 3.05) is 0 Å². The van der Waals surface area contributed by atoms with Crippen molar-refractivity contribution in [3.05, 3.63) is 39.2 Å². The molecular formula is C19H22O4. The van der Waals surface area contributed by atoms with Crippen LogP contribution in [0.1, 0.15) is 49.3 Å². The standard InChI is InChI=1S/C19H22O4/c1-4-13-11(2)14-9-10-16(12(3)18(14)23-19(13)21)22-17-8-6-5-7-15(17)20/h9-10,17H,4-8H2,1-3H3. The molecule has 1 aliphatic rings. The van der Waals surface area contributed by atoms with E-state index >= 15 is 0 Å². The molecule has 0 aliphatic heterocycles. The Morgan fingerprint density at radius 1 is 1.17 bits per heavy atom. The van der Waals surface area contributed by atoms with E-state index in [1.807, 2.05) is 32.9 Å². The molecule has 122 valence electrons. The molecule has 1 aromatic heterocycles. The zero-order valence-corrected chi connectivity index (χ0v) is 13.9. The van der Waals surface area contributed by atoms with Crippen molar-refractivity contribution < 1.29 is 13.9 Å². The predicted molar refractivity (Wildman–Crippen MR) is 89.2 cm³/mol. The van der Waals surface area contributed by atoms with E-state index in [0.717, 1.165) is 35.8 Å². The van der Waals surface area contributed by atoms with Gasteiger partial charge in [-0.1, -0.05) is 6.92 Å². The van der Waals surface area contributed by atoms with Crippen LogP contribution in [0.15, 0.2) is 21.3 Å². The molecular weight excluding hydrogens is 292 g/mol. The number of rotatable bonds is 3. The SMILES string of the molecule is CCc1c(C)c2ccc(OC3CCCCC3=O)c(C)c2oc1=O. The number of hydrogen-bond acceptors (Lipinski definition) is 4. The highest BCUT2D eigenvalue weighted by atomic mass is 16.5. The fourth-order valence-corrected chi connectivity index (χ4v) is 3.34. The highest BCUT2D eigenvalue weighted by Gasteiger charge is 2.25. The van der Waals surface area contributed by atoms with Crippen LogP contribution in [0.4, 0.5) is 0 Å². The average Bonchev–Trinajstić information content (AvgIpc) is 2.53. The molecule has 0 amide bonds. The second kappa shape index (κ2) is 6.19. The average molecular weight is 314 g/mol. The fourth-order valence-electron chi connectivity index (χ4n) is 3.34. The number of fused-ring (bicyclic) bond motifs is 1. The maximum absolute atomic E-state index is 12.1. The van der Waals surface area contributed by atoms with Gasteiger partial charge in [-0.15, -0.1) is 0 Å². The van der Waals surface area contributed by atoms with Crippen LogP contribution in [0, 0.1) is 13.8 Å². The highest BCUT2D eigenvalue weighted by molar-refractivity contribution is 5.87. The lowest BCUT2D eigenvalue weighted by Crippen LogP contribution is -2.30. The number of Topliss-reactive ketones (excluding diaryl/α,β-unsaturated/α-hetero) is 1. The summed E-state index contributed by atoms with van der Waals surface area (Å²) in [6.07, 6.45) is 3.58. The van der Waals surface area contributed by atoms with Crippen molar-refractivity contribution in [1.82, 2.24) is 0 Å². The molecule has 1 aromatic carbocycles. The normalized spacial score (nSPS) is 18.4. The van der Waals surface area contributed by atoms with Crippen LogP contribution in [0.2, 0.25) is 0 Å². The molecule has 1 atom stereocenters. The van der Waals surface area contributed by atoms with Gasteiger partial charge >= 0.3 is 5.63 Å². The molecule has 3 rings (SSSR count). The van der Waals surface area contributed by atoms with Crippen molar-refractivity contribution in [3.63, 3.8) is 0 Å². The molecule has 1 aliphatic carbocycles. The number of carbonyl (C=O) groups excluding carboxylic acids is 1. The Bertz CT molecular complexity index is 816. The smallest absolute Gasteiger partial charge is 0.339 e. The molecule has 4 heteroatoms. The summed E-state index contributed by atoms with van der Waals surface area (Å²) in [7, 11) is 0. The number of ether oxygens (including phenoxy) is 1. The monoisotopic (exact) mass is 314 g/mol. The summed E-state index contributed by atoms with van der Waals surface area (Å²) in [5.41, 5.74) is 2.73. The minimum atomic E-state index is -0.373. The molecule has 23 heavy (non-hydrogen) atoms. The summed E-state index contributed by atoms with van der Waals surface area (Å²) in [6, 6.07) is 3.80. The van der Waals surface area contributed by atoms with E-state index in [4.69, 9.17) is 9.15 Å². The lowest BCUT2D eigenvalue weighted by atomic mass is 9.96. The minimum absolute atomic E-state index is 0.162. The predicted octanol–water partition coefficient (Wildman–Crippen LogP) is 3.86. The molecule has 0 bridgehead atoms. The zero-order chi connectivity index (χ0) is 16.6. The van der Waals surface area contributed by atoms with Crippen LogP contribution in [0.25, 0.3) is 11.0 Å². The summed E-state index contributed by atoms with van der Waals surface area (Å²) in [6.45, 7) is 5.77. The van der Waals surface area contributed by atoms with Crippen molar-refractivity contribution >= 4 is 16.8 Å². The lowest BCUT2D eigenvalue weighted by Gasteiger charge is -2.23. The quantitative estimate of drug-likeness (QED) is 0.807. The first-order chi connectivity index (χ1) is 11.0. The molecule has 1 saturated carbocycles. The van der Waals surface area contributed by atoms with Crippen molar-refractivity contribution in [2.45, 2.75) is 59.0 Å². The van der Waals surface area contributed by atoms with Gasteiger partial charge in [0.2, 0.25) is 0 Å². The lowest BCUT2D eigenvalue weighted by molar-refractivity contribution is -0.127. The Morgan fingerprint density at radius 3 is 2.65 bits per heavy atom. The zero-order valence-electron chi connectivity index (χ0n) is 13.9. The molecule has 1 heterocycles. The number of hydrogen-bond donors (Lipinski definition) is 0. The third-order valence-electron chi connectivity index (χ3n) is 4.78. The third kappa shape index (κ3) is 2.78. The van der Waals surface area contributed by atoms with Crippen LogP contribution in [0.3, 0.4) is 0 Å². The molecule has 0 radical (unpaired) electrons. The highest BCUT2D eigenvalue weighted by Crippen LogP contribution is 2.31. The summed E-state index contributed by atoms with van der Waals surface area (Å²) < 4.78 is 11.5. The molecule has 4 nitrogen and oxygen atoms in total. The fraction of sp³-hybridized carbons (Fsp3) is 0.474. The Labute approximate surface area is 135 Å². The molecule has 1 fully saturated rings. The van der Waals surface area contributed by atoms with E-state index in [1.54, 1.807) is 0 Å². The summed E-state index contributed by atoms with van der Waals surface area (Å²) in [5, 5.41) is 0.932. The molecule has 2 aromatic rings. The first kappa shape index (κ1) is 15.8. The second-order valence-electron chi connectivity index (χ2n) is 6.23. The largest absolute Gasteiger partial charge is 0.482 e. The van der Waals surface area contributed by atoms with Crippen LogP contribution in [-0.2, 0) is 11.2 Å². The van der Waals surface area contributed by atoms with Gasteiger partial charge in [-0.2, -0.15) is 0 Å². The Kier molecular flexibility index (Phi) is 4.24. The van der Waals surface area contributed by atoms with Crippen LogP contribution < -0.4 is 10.4 Å². The van der Waals surface area contributed by atoms with Crippen molar-refractivity contribution in [2.24, 2.45) is 0 Å². The van der Waals surface area contributed by atoms with Gasteiger partial charge in [0.05, 0.1) is 0 Å². The van der Waals surface area contributed by atoms with E-state index < -0.39 is 0 Å². The number of ketones is 1. The van der Waals surface area contributed by atoms with E-state index in [0.29, 0.717) is 29.7 Å². The maximum Gasteiger partial charge on any atom is 0.339 e. The van der Waals surface area contributed by atoms with Gasteiger partial charge in [-0.05, 0) is 57.2 Å². The maximum atomic E-state index is 12.1. The van der Waals surface area contributed by atoms with Gasteiger partial charge in [0, 0.05) is 22.9 Å². The van der Waals surface area contributed by atoms with Crippen LogP contribution >= 0.6 is 0 Å². The minimum Gasteiger partial charge on any atom is -0.482 e. The number of carbonyl (C=O) groups is 1. The van der Waals surface area contributed by atoms with Gasteiger partial charge in [0.1, 0.15) is 11.3 Å². The summed E-state index contributed by atoms with van der Waals surface area (Å²) in [5.74, 6) is 0.791. The van der Waals surface area contributed by atoms with Gasteiger partial charge in [0.15, 0.2) is 11.9 Å². The first-order valence-corrected chi connectivity index (χ1v) is 8.28. The number of aryl methyl sites for hydroxylation is 2. The Morgan fingerprint density at radius 2 is 1.96 bits per heavy atom. The number of benzene rings is 1. The molecule has 0 spiro atoms. The molecule has 0 saturated heterocycles. The topological polar surface area (TPSA) is 56.5 Å². The van der Waals surface area contributed by atoms with Crippen LogP contribution in [-0.4, -0.2) is 11.9 Å².